The zero-order valence-corrected chi connectivity index (χ0v) is 15.3. The number of hydrogen-bond acceptors (Lipinski definition) is 3. The van der Waals surface area contributed by atoms with Gasteiger partial charge in [0, 0.05) is 38.9 Å². The molecule has 0 N–H and O–H groups in total. The van der Waals surface area contributed by atoms with Crippen molar-refractivity contribution in [1.29, 1.82) is 0 Å². The maximum absolute atomic E-state index is 13.2. The van der Waals surface area contributed by atoms with Gasteiger partial charge in [-0.1, -0.05) is 24.3 Å². The minimum atomic E-state index is -0.556. The van der Waals surface area contributed by atoms with E-state index in [2.05, 4.69) is 4.90 Å². The van der Waals surface area contributed by atoms with E-state index in [-0.39, 0.29) is 17.6 Å². The Bertz CT molecular complexity index is 860. The first kappa shape index (κ1) is 17.5. The molecule has 0 spiro atoms. The first-order valence-corrected chi connectivity index (χ1v) is 9.17. The average Bonchev–Trinajstić information content (AvgIpc) is 2.69. The highest BCUT2D eigenvalue weighted by atomic mass is 19.1. The highest BCUT2D eigenvalue weighted by Crippen LogP contribution is 2.31. The fourth-order valence-electron chi connectivity index (χ4n) is 3.91. The summed E-state index contributed by atoms with van der Waals surface area (Å²) in [5.74, 6) is -0.315. The smallest absolute Gasteiger partial charge is 0.250 e. The van der Waals surface area contributed by atoms with Crippen LogP contribution in [0.1, 0.15) is 17.2 Å². The monoisotopic (exact) mass is 367 g/mol. The number of likely N-dealkylation sites (N-methyl/N-ethyl adjacent to an activating group) is 1. The first-order chi connectivity index (χ1) is 13.0. The van der Waals surface area contributed by atoms with Crippen molar-refractivity contribution in [3.63, 3.8) is 0 Å². The first-order valence-electron chi connectivity index (χ1n) is 9.17. The van der Waals surface area contributed by atoms with E-state index in [1.807, 2.05) is 29.2 Å². The Morgan fingerprint density at radius 2 is 1.67 bits per heavy atom. The third-order valence-corrected chi connectivity index (χ3v) is 5.49. The molecule has 0 radical (unpaired) electrons. The van der Waals surface area contributed by atoms with Crippen LogP contribution in [0.3, 0.4) is 0 Å². The molecule has 0 unspecified atom stereocenters. The second kappa shape index (κ2) is 7.02. The molecule has 140 valence electrons. The van der Waals surface area contributed by atoms with Crippen LogP contribution in [0.25, 0.3) is 0 Å². The van der Waals surface area contributed by atoms with Crippen LogP contribution in [0.2, 0.25) is 0 Å². The molecule has 1 fully saturated rings. The summed E-state index contributed by atoms with van der Waals surface area (Å²) in [7, 11) is 1.70. The zero-order valence-electron chi connectivity index (χ0n) is 15.3. The molecule has 2 aromatic carbocycles. The van der Waals surface area contributed by atoms with Crippen LogP contribution in [0.15, 0.2) is 48.5 Å². The summed E-state index contributed by atoms with van der Waals surface area (Å²) in [6, 6.07) is 13.5. The fourth-order valence-corrected chi connectivity index (χ4v) is 3.91. The van der Waals surface area contributed by atoms with Crippen LogP contribution in [0, 0.1) is 5.82 Å². The van der Waals surface area contributed by atoms with Crippen LogP contribution < -0.4 is 4.90 Å². The maximum atomic E-state index is 13.2. The van der Waals surface area contributed by atoms with Crippen molar-refractivity contribution >= 4 is 17.5 Å². The van der Waals surface area contributed by atoms with Crippen LogP contribution in [0.5, 0.6) is 0 Å². The van der Waals surface area contributed by atoms with Gasteiger partial charge in [-0.2, -0.15) is 0 Å². The van der Waals surface area contributed by atoms with E-state index >= 15 is 0 Å². The minimum absolute atomic E-state index is 0.0306. The Hall–Kier alpha value is -2.89. The molecule has 27 heavy (non-hydrogen) atoms. The highest BCUT2D eigenvalue weighted by molar-refractivity contribution is 5.92. The van der Waals surface area contributed by atoms with Gasteiger partial charge in [-0.25, -0.2) is 4.39 Å². The molecule has 2 aromatic rings. The van der Waals surface area contributed by atoms with Crippen molar-refractivity contribution in [3.05, 3.63) is 65.5 Å². The van der Waals surface area contributed by atoms with E-state index < -0.39 is 6.04 Å². The number of carbonyl (C=O) groups excluding carboxylic acids is 2. The van der Waals surface area contributed by atoms with Crippen molar-refractivity contribution in [2.75, 3.05) is 38.1 Å². The topological polar surface area (TPSA) is 43.9 Å². The predicted octanol–water partition coefficient (Wildman–Crippen LogP) is 2.23. The molecular weight excluding hydrogens is 345 g/mol. The summed E-state index contributed by atoms with van der Waals surface area (Å²) in [4.78, 5) is 31.1. The van der Waals surface area contributed by atoms with E-state index in [0.29, 0.717) is 32.6 Å². The van der Waals surface area contributed by atoms with Crippen LogP contribution in [-0.2, 0) is 16.0 Å². The van der Waals surface area contributed by atoms with Gasteiger partial charge < -0.3 is 14.7 Å². The molecule has 0 aromatic heterocycles. The van der Waals surface area contributed by atoms with Gasteiger partial charge >= 0.3 is 0 Å². The number of anilines is 1. The lowest BCUT2D eigenvalue weighted by atomic mass is 9.91. The molecule has 6 heteroatoms. The summed E-state index contributed by atoms with van der Waals surface area (Å²) < 4.78 is 13.1. The Labute approximate surface area is 158 Å². The Balaban J connectivity index is 1.49. The maximum Gasteiger partial charge on any atom is 0.250 e. The SMILES string of the molecule is CN1C(=O)Cc2ccccc2[C@@H]1C(=O)N1CCN(c2ccc(F)cc2)CC1. The molecule has 2 amide bonds. The largest absolute Gasteiger partial charge is 0.368 e. The van der Waals surface area contributed by atoms with Gasteiger partial charge in [-0.15, -0.1) is 0 Å². The third kappa shape index (κ3) is 3.27. The zero-order chi connectivity index (χ0) is 19.0. The van der Waals surface area contributed by atoms with Gasteiger partial charge in [-0.05, 0) is 35.4 Å². The minimum Gasteiger partial charge on any atom is -0.368 e. The number of halogens is 1. The Morgan fingerprint density at radius 3 is 2.37 bits per heavy atom. The molecule has 5 nitrogen and oxygen atoms in total. The summed E-state index contributed by atoms with van der Waals surface area (Å²) in [5, 5.41) is 0. The molecule has 1 saturated heterocycles. The summed E-state index contributed by atoms with van der Waals surface area (Å²) in [6.07, 6.45) is 0.342. The molecular formula is C21H22FN3O2. The van der Waals surface area contributed by atoms with E-state index in [9.17, 15) is 14.0 Å². The highest BCUT2D eigenvalue weighted by Gasteiger charge is 2.37. The number of nitrogens with zero attached hydrogens (tertiary/aromatic N) is 3. The molecule has 0 aliphatic carbocycles. The van der Waals surface area contributed by atoms with E-state index in [0.717, 1.165) is 16.8 Å². The van der Waals surface area contributed by atoms with Crippen LogP contribution in [-0.4, -0.2) is 54.8 Å². The summed E-state index contributed by atoms with van der Waals surface area (Å²) in [5.41, 5.74) is 2.81. The van der Waals surface area contributed by atoms with Gasteiger partial charge in [0.25, 0.3) is 0 Å². The number of benzene rings is 2. The third-order valence-electron chi connectivity index (χ3n) is 5.49. The fraction of sp³-hybridized carbons (Fsp3) is 0.333. The molecule has 0 bridgehead atoms. The number of piperazine rings is 1. The van der Waals surface area contributed by atoms with E-state index in [4.69, 9.17) is 0 Å². The van der Waals surface area contributed by atoms with Gasteiger partial charge in [0.2, 0.25) is 11.8 Å². The molecule has 2 aliphatic rings. The average molecular weight is 367 g/mol. The number of rotatable bonds is 2. The molecule has 0 saturated carbocycles. The molecule has 2 heterocycles. The molecule has 1 atom stereocenters. The number of hydrogen-bond donors (Lipinski definition) is 0. The number of amides is 2. The molecule has 2 aliphatic heterocycles. The number of fused-ring (bicyclic) bond motifs is 1. The van der Waals surface area contributed by atoms with Crippen molar-refractivity contribution in [3.8, 4) is 0 Å². The van der Waals surface area contributed by atoms with Gasteiger partial charge in [0.1, 0.15) is 11.9 Å². The van der Waals surface area contributed by atoms with Crippen molar-refractivity contribution < 1.29 is 14.0 Å². The number of carbonyl (C=O) groups is 2. The summed E-state index contributed by atoms with van der Waals surface area (Å²) >= 11 is 0. The van der Waals surface area contributed by atoms with E-state index in [1.165, 1.54) is 12.1 Å². The van der Waals surface area contributed by atoms with Crippen LogP contribution in [0.4, 0.5) is 10.1 Å². The van der Waals surface area contributed by atoms with Gasteiger partial charge in [-0.3, -0.25) is 9.59 Å². The van der Waals surface area contributed by atoms with Crippen molar-refractivity contribution in [1.82, 2.24) is 9.80 Å². The Morgan fingerprint density at radius 1 is 1.00 bits per heavy atom. The predicted molar refractivity (Wildman–Crippen MR) is 101 cm³/mol. The second-order valence-corrected chi connectivity index (χ2v) is 7.07. The quantitative estimate of drug-likeness (QED) is 0.818. The Kier molecular flexibility index (Phi) is 4.56. The lowest BCUT2D eigenvalue weighted by Crippen LogP contribution is -2.53. The normalized spacial score (nSPS) is 19.9. The lowest BCUT2D eigenvalue weighted by molar-refractivity contribution is -0.145. The summed E-state index contributed by atoms with van der Waals surface area (Å²) in [6.45, 7) is 2.53. The van der Waals surface area contributed by atoms with E-state index in [1.54, 1.807) is 24.1 Å². The molecule has 4 rings (SSSR count). The van der Waals surface area contributed by atoms with Crippen molar-refractivity contribution in [2.45, 2.75) is 12.5 Å². The standard InChI is InChI=1S/C21H22FN3O2/c1-23-19(26)14-15-4-2-3-5-18(15)20(23)21(27)25-12-10-24(11-13-25)17-8-6-16(22)7-9-17/h2-9,20H,10-14H2,1H3/t20-/m1/s1. The lowest BCUT2D eigenvalue weighted by Gasteiger charge is -2.40. The van der Waals surface area contributed by atoms with Crippen LogP contribution >= 0.6 is 0 Å². The second-order valence-electron chi connectivity index (χ2n) is 7.07. The van der Waals surface area contributed by atoms with Gasteiger partial charge in [0.05, 0.1) is 6.42 Å². The van der Waals surface area contributed by atoms with Crippen molar-refractivity contribution in [2.24, 2.45) is 0 Å². The van der Waals surface area contributed by atoms with Gasteiger partial charge in [0.15, 0.2) is 0 Å².